The number of nitrogens with zero attached hydrogens (tertiary/aromatic N) is 1. The third-order valence-electron chi connectivity index (χ3n) is 2.50. The number of benzene rings is 1. The molecule has 7 nitrogen and oxygen atoms in total. The maximum absolute atomic E-state index is 10.8. The summed E-state index contributed by atoms with van der Waals surface area (Å²) in [6.45, 7) is 0.0978. The largest absolute Gasteiger partial charge is 0.497 e. The van der Waals surface area contributed by atoms with E-state index in [9.17, 15) is 8.42 Å². The van der Waals surface area contributed by atoms with Gasteiger partial charge in [-0.1, -0.05) is 12.1 Å². The summed E-state index contributed by atoms with van der Waals surface area (Å²) >= 11 is 0. The zero-order valence-electron chi connectivity index (χ0n) is 11.6. The van der Waals surface area contributed by atoms with Crippen molar-refractivity contribution in [3.05, 3.63) is 41.7 Å². The van der Waals surface area contributed by atoms with E-state index in [0.29, 0.717) is 6.61 Å². The van der Waals surface area contributed by atoms with E-state index in [2.05, 4.69) is 9.34 Å². The molecule has 0 N–H and O–H groups in total. The molecule has 21 heavy (non-hydrogen) atoms. The second kappa shape index (κ2) is 6.59. The van der Waals surface area contributed by atoms with E-state index in [-0.39, 0.29) is 18.2 Å². The minimum atomic E-state index is -3.52. The maximum Gasteiger partial charge on any atom is 0.264 e. The first-order valence-electron chi connectivity index (χ1n) is 6.02. The van der Waals surface area contributed by atoms with Gasteiger partial charge in [-0.05, 0) is 22.9 Å². The Morgan fingerprint density at radius 3 is 2.52 bits per heavy atom. The number of hydrogen-bond donors (Lipinski definition) is 0. The van der Waals surface area contributed by atoms with E-state index in [0.717, 1.165) is 17.6 Å². The zero-order valence-corrected chi connectivity index (χ0v) is 12.4. The number of rotatable bonds is 7. The van der Waals surface area contributed by atoms with Gasteiger partial charge in [-0.25, -0.2) is 0 Å². The molecule has 0 radical (unpaired) electrons. The second-order valence-electron chi connectivity index (χ2n) is 4.23. The summed E-state index contributed by atoms with van der Waals surface area (Å²) in [5.41, 5.74) is 0.938. The molecule has 114 valence electrons. The molecule has 1 aromatic carbocycles. The molecule has 0 aliphatic rings. The standard InChI is InChI=1S/C13H15NO6S/c1-17-11-5-3-10(4-6-11)8-18-13-7-12(20-14-13)9-19-21(2,15)16/h3-7H,8-9H2,1-2H3. The molecule has 0 amide bonds. The van der Waals surface area contributed by atoms with E-state index < -0.39 is 10.1 Å². The lowest BCUT2D eigenvalue weighted by Gasteiger charge is -2.03. The van der Waals surface area contributed by atoms with Crippen molar-refractivity contribution in [2.24, 2.45) is 0 Å². The van der Waals surface area contributed by atoms with Crippen LogP contribution < -0.4 is 9.47 Å². The van der Waals surface area contributed by atoms with Crippen molar-refractivity contribution in [3.63, 3.8) is 0 Å². The zero-order chi connectivity index (χ0) is 15.3. The van der Waals surface area contributed by atoms with Crippen LogP contribution >= 0.6 is 0 Å². The van der Waals surface area contributed by atoms with Gasteiger partial charge in [0.15, 0.2) is 5.76 Å². The number of methoxy groups -OCH3 is 1. The van der Waals surface area contributed by atoms with Gasteiger partial charge in [-0.2, -0.15) is 8.42 Å². The third kappa shape index (κ3) is 5.09. The highest BCUT2D eigenvalue weighted by Crippen LogP contribution is 2.16. The molecule has 0 atom stereocenters. The molecule has 0 saturated heterocycles. The van der Waals surface area contributed by atoms with E-state index >= 15 is 0 Å². The highest BCUT2D eigenvalue weighted by molar-refractivity contribution is 7.85. The Kier molecular flexibility index (Phi) is 4.81. The molecule has 0 unspecified atom stereocenters. The summed E-state index contributed by atoms with van der Waals surface area (Å²) < 4.78 is 41.7. The molecule has 0 aliphatic carbocycles. The first-order chi connectivity index (χ1) is 9.96. The summed E-state index contributed by atoms with van der Waals surface area (Å²) in [5.74, 6) is 1.29. The Balaban J connectivity index is 1.87. The van der Waals surface area contributed by atoms with Crippen LogP contribution in [0.25, 0.3) is 0 Å². The van der Waals surface area contributed by atoms with Gasteiger partial charge in [0.2, 0.25) is 0 Å². The first kappa shape index (κ1) is 15.3. The quantitative estimate of drug-likeness (QED) is 0.719. The van der Waals surface area contributed by atoms with Crippen molar-refractivity contribution in [2.75, 3.05) is 13.4 Å². The van der Waals surface area contributed by atoms with Crippen LogP contribution in [0.15, 0.2) is 34.9 Å². The van der Waals surface area contributed by atoms with Crippen LogP contribution in [0.2, 0.25) is 0 Å². The fourth-order valence-corrected chi connectivity index (χ4v) is 1.80. The number of ether oxygens (including phenoxy) is 2. The Morgan fingerprint density at radius 2 is 1.90 bits per heavy atom. The van der Waals surface area contributed by atoms with Gasteiger partial charge in [0.1, 0.15) is 19.0 Å². The van der Waals surface area contributed by atoms with Gasteiger partial charge in [-0.3, -0.25) is 4.18 Å². The van der Waals surface area contributed by atoms with Crippen LogP contribution in [0.4, 0.5) is 0 Å². The van der Waals surface area contributed by atoms with Crippen molar-refractivity contribution >= 4 is 10.1 Å². The highest BCUT2D eigenvalue weighted by atomic mass is 32.2. The highest BCUT2D eigenvalue weighted by Gasteiger charge is 2.09. The molecule has 2 aromatic rings. The fraction of sp³-hybridized carbons (Fsp3) is 0.308. The Hall–Kier alpha value is -2.06. The SMILES string of the molecule is COc1ccc(COc2cc(COS(C)(=O)=O)on2)cc1. The average Bonchev–Trinajstić information content (AvgIpc) is 2.91. The van der Waals surface area contributed by atoms with Crippen LogP contribution in [0.5, 0.6) is 11.6 Å². The van der Waals surface area contributed by atoms with E-state index in [1.807, 2.05) is 24.3 Å². The van der Waals surface area contributed by atoms with Crippen LogP contribution in [-0.4, -0.2) is 26.9 Å². The van der Waals surface area contributed by atoms with Crippen LogP contribution in [0.3, 0.4) is 0 Å². The smallest absolute Gasteiger partial charge is 0.264 e. The van der Waals surface area contributed by atoms with Gasteiger partial charge in [0, 0.05) is 6.07 Å². The maximum atomic E-state index is 10.8. The molecule has 0 saturated carbocycles. The third-order valence-corrected chi connectivity index (χ3v) is 3.04. The van der Waals surface area contributed by atoms with E-state index in [1.54, 1.807) is 7.11 Å². The van der Waals surface area contributed by atoms with E-state index in [4.69, 9.17) is 14.0 Å². The van der Waals surface area contributed by atoms with Crippen molar-refractivity contribution in [1.82, 2.24) is 5.16 Å². The lowest BCUT2D eigenvalue weighted by Crippen LogP contribution is -2.01. The summed E-state index contributed by atoms with van der Waals surface area (Å²) in [7, 11) is -1.92. The summed E-state index contributed by atoms with van der Waals surface area (Å²) in [6, 6.07) is 8.87. The molecule has 0 aliphatic heterocycles. The van der Waals surface area contributed by atoms with Gasteiger partial charge >= 0.3 is 0 Å². The molecule has 0 spiro atoms. The minimum Gasteiger partial charge on any atom is -0.497 e. The van der Waals surface area contributed by atoms with Crippen LogP contribution in [-0.2, 0) is 27.5 Å². The molecule has 1 aromatic heterocycles. The van der Waals surface area contributed by atoms with Crippen molar-refractivity contribution in [3.8, 4) is 11.6 Å². The monoisotopic (exact) mass is 313 g/mol. The molecule has 2 rings (SSSR count). The van der Waals surface area contributed by atoms with Crippen LogP contribution in [0.1, 0.15) is 11.3 Å². The Labute approximate surface area is 122 Å². The molecule has 1 heterocycles. The van der Waals surface area contributed by atoms with Crippen molar-refractivity contribution in [2.45, 2.75) is 13.2 Å². The number of hydrogen-bond acceptors (Lipinski definition) is 7. The summed E-state index contributed by atoms with van der Waals surface area (Å²) in [4.78, 5) is 0. The van der Waals surface area contributed by atoms with Gasteiger partial charge in [-0.15, -0.1) is 0 Å². The lowest BCUT2D eigenvalue weighted by atomic mass is 10.2. The van der Waals surface area contributed by atoms with Gasteiger partial charge in [0.05, 0.1) is 13.4 Å². The second-order valence-corrected chi connectivity index (χ2v) is 5.88. The Morgan fingerprint density at radius 1 is 1.19 bits per heavy atom. The van der Waals surface area contributed by atoms with Gasteiger partial charge < -0.3 is 14.0 Å². The fourth-order valence-electron chi connectivity index (χ4n) is 1.47. The minimum absolute atomic E-state index is 0.211. The topological polar surface area (TPSA) is 87.9 Å². The summed E-state index contributed by atoms with van der Waals surface area (Å²) in [5, 5.41) is 3.67. The lowest BCUT2D eigenvalue weighted by molar-refractivity contribution is 0.240. The van der Waals surface area contributed by atoms with Crippen molar-refractivity contribution < 1.29 is 26.6 Å². The first-order valence-corrected chi connectivity index (χ1v) is 7.83. The van der Waals surface area contributed by atoms with Crippen LogP contribution in [0, 0.1) is 0 Å². The van der Waals surface area contributed by atoms with Gasteiger partial charge in [0.25, 0.3) is 16.0 Å². The average molecular weight is 313 g/mol. The Bertz CT molecular complexity index is 677. The molecule has 0 bridgehead atoms. The van der Waals surface area contributed by atoms with E-state index in [1.165, 1.54) is 6.07 Å². The molecule has 8 heteroatoms. The number of aromatic nitrogens is 1. The molecular weight excluding hydrogens is 298 g/mol. The molecule has 0 fully saturated rings. The predicted molar refractivity (Wildman–Crippen MR) is 73.5 cm³/mol. The molecular formula is C13H15NO6S. The normalized spacial score (nSPS) is 11.3. The predicted octanol–water partition coefficient (Wildman–Crippen LogP) is 1.74. The van der Waals surface area contributed by atoms with Crippen molar-refractivity contribution in [1.29, 1.82) is 0 Å². The summed E-state index contributed by atoms with van der Waals surface area (Å²) in [6.07, 6.45) is 0.963.